The van der Waals surface area contributed by atoms with E-state index in [0.29, 0.717) is 5.69 Å². The number of nitrogens with one attached hydrogen (secondary N) is 1. The smallest absolute Gasteiger partial charge is 0.422 e. The monoisotopic (exact) mass is 220 g/mol. The second-order valence-electron chi connectivity index (χ2n) is 2.55. The first-order chi connectivity index (χ1) is 6.97. The summed E-state index contributed by atoms with van der Waals surface area (Å²) < 4.78 is 38.8. The molecule has 7 heteroatoms. The molecule has 0 unspecified atom stereocenters. The van der Waals surface area contributed by atoms with E-state index in [2.05, 4.69) is 15.0 Å². The number of rotatable bonds is 2. The molecule has 0 saturated heterocycles. The van der Waals surface area contributed by atoms with Gasteiger partial charge in [-0.15, -0.1) is 0 Å². The van der Waals surface area contributed by atoms with Gasteiger partial charge in [0.25, 0.3) is 0 Å². The third-order valence-electron chi connectivity index (χ3n) is 1.29. The minimum absolute atomic E-state index is 0.317. The van der Waals surface area contributed by atoms with Gasteiger partial charge in [-0.2, -0.15) is 13.2 Å². The highest BCUT2D eigenvalue weighted by molar-refractivity contribution is 5.84. The molecule has 1 N–H and O–H groups in total. The molecule has 0 aliphatic heterocycles. The zero-order valence-electron chi connectivity index (χ0n) is 7.41. The summed E-state index contributed by atoms with van der Waals surface area (Å²) >= 11 is 0. The van der Waals surface area contributed by atoms with Crippen LogP contribution >= 0.6 is 0 Å². The first-order valence-electron chi connectivity index (χ1n) is 3.88. The topological polar surface area (TPSA) is 51.2 Å². The van der Waals surface area contributed by atoms with Crippen LogP contribution in [0.3, 0.4) is 0 Å². The maximum absolute atomic E-state index is 11.6. The first kappa shape index (κ1) is 11.3. The van der Waals surface area contributed by atoms with E-state index in [4.69, 9.17) is 0 Å². The number of anilines is 1. The van der Waals surface area contributed by atoms with Crippen LogP contribution in [0.4, 0.5) is 23.7 Å². The van der Waals surface area contributed by atoms with Crippen LogP contribution in [0.5, 0.6) is 0 Å². The van der Waals surface area contributed by atoms with Crippen molar-refractivity contribution in [3.8, 4) is 0 Å². The summed E-state index contributed by atoms with van der Waals surface area (Å²) in [6.45, 7) is -1.61. The Labute approximate surface area is 83.1 Å². The number of hydrogen-bond donors (Lipinski definition) is 1. The maximum Gasteiger partial charge on any atom is 0.422 e. The highest BCUT2D eigenvalue weighted by Gasteiger charge is 2.29. The standard InChI is InChI=1S/C8H7F3N2O2/c9-8(10,11)5-15-7(14)13-6-1-3-12-4-2-6/h1-4H,5H2,(H,12,13,14). The van der Waals surface area contributed by atoms with Crippen LogP contribution < -0.4 is 5.32 Å². The van der Waals surface area contributed by atoms with Crippen molar-refractivity contribution in [2.45, 2.75) is 6.18 Å². The molecule has 1 rings (SSSR count). The van der Waals surface area contributed by atoms with E-state index in [1.807, 2.05) is 0 Å². The van der Waals surface area contributed by atoms with Crippen molar-refractivity contribution < 1.29 is 22.7 Å². The molecule has 82 valence electrons. The van der Waals surface area contributed by atoms with Gasteiger partial charge in [0.1, 0.15) is 0 Å². The van der Waals surface area contributed by atoms with Gasteiger partial charge in [-0.25, -0.2) is 4.79 Å². The van der Waals surface area contributed by atoms with Gasteiger partial charge in [0.15, 0.2) is 6.61 Å². The van der Waals surface area contributed by atoms with E-state index in [-0.39, 0.29) is 0 Å². The summed E-state index contributed by atoms with van der Waals surface area (Å²) in [5.41, 5.74) is 0.317. The molecule has 1 amide bonds. The van der Waals surface area contributed by atoms with Crippen molar-refractivity contribution in [1.82, 2.24) is 4.98 Å². The van der Waals surface area contributed by atoms with Crippen LogP contribution in [0.15, 0.2) is 24.5 Å². The highest BCUT2D eigenvalue weighted by atomic mass is 19.4. The summed E-state index contributed by atoms with van der Waals surface area (Å²) in [6, 6.07) is 2.85. The Morgan fingerprint density at radius 2 is 2.00 bits per heavy atom. The van der Waals surface area contributed by atoms with E-state index in [1.54, 1.807) is 0 Å². The Balaban J connectivity index is 2.38. The van der Waals surface area contributed by atoms with Gasteiger partial charge < -0.3 is 4.74 Å². The molecular weight excluding hydrogens is 213 g/mol. The molecule has 1 aromatic heterocycles. The third-order valence-corrected chi connectivity index (χ3v) is 1.29. The molecule has 0 aliphatic rings. The van der Waals surface area contributed by atoms with Crippen molar-refractivity contribution in [2.75, 3.05) is 11.9 Å². The minimum atomic E-state index is -4.52. The lowest BCUT2D eigenvalue weighted by atomic mass is 10.4. The van der Waals surface area contributed by atoms with Crippen molar-refractivity contribution >= 4 is 11.8 Å². The largest absolute Gasteiger partial charge is 0.440 e. The molecule has 0 spiro atoms. The number of aromatic nitrogens is 1. The van der Waals surface area contributed by atoms with Crippen molar-refractivity contribution in [1.29, 1.82) is 0 Å². The third kappa shape index (κ3) is 4.84. The number of ether oxygens (including phenoxy) is 1. The van der Waals surface area contributed by atoms with E-state index in [9.17, 15) is 18.0 Å². The van der Waals surface area contributed by atoms with Crippen LogP contribution in [0.1, 0.15) is 0 Å². The lowest BCUT2D eigenvalue weighted by molar-refractivity contribution is -0.159. The molecule has 0 bridgehead atoms. The van der Waals surface area contributed by atoms with Gasteiger partial charge in [0, 0.05) is 18.1 Å². The minimum Gasteiger partial charge on any atom is -0.440 e. The quantitative estimate of drug-likeness (QED) is 0.831. The van der Waals surface area contributed by atoms with Crippen LogP contribution in [0, 0.1) is 0 Å². The van der Waals surface area contributed by atoms with E-state index in [0.717, 1.165) is 0 Å². The van der Waals surface area contributed by atoms with E-state index < -0.39 is 18.9 Å². The number of carbonyl (C=O) groups is 1. The number of amides is 1. The van der Waals surface area contributed by atoms with Crippen LogP contribution in [0.25, 0.3) is 0 Å². The fourth-order valence-electron chi connectivity index (χ4n) is 0.737. The number of carbonyl (C=O) groups excluding carboxylic acids is 1. The van der Waals surface area contributed by atoms with Gasteiger partial charge in [-0.3, -0.25) is 10.3 Å². The lowest BCUT2D eigenvalue weighted by Gasteiger charge is -2.08. The Hall–Kier alpha value is -1.79. The molecule has 0 radical (unpaired) electrons. The summed E-state index contributed by atoms with van der Waals surface area (Å²) in [5.74, 6) is 0. The van der Waals surface area contributed by atoms with Crippen molar-refractivity contribution in [3.05, 3.63) is 24.5 Å². The van der Waals surface area contributed by atoms with Crippen molar-refractivity contribution in [2.24, 2.45) is 0 Å². The lowest BCUT2D eigenvalue weighted by Crippen LogP contribution is -2.23. The number of hydrogen-bond acceptors (Lipinski definition) is 3. The first-order valence-corrected chi connectivity index (χ1v) is 3.88. The molecule has 0 fully saturated rings. The predicted octanol–water partition coefficient (Wildman–Crippen LogP) is 2.19. The molecule has 15 heavy (non-hydrogen) atoms. The highest BCUT2D eigenvalue weighted by Crippen LogP contribution is 2.15. The normalized spacial score (nSPS) is 10.9. The average molecular weight is 220 g/mol. The molecular formula is C8H7F3N2O2. The Kier molecular flexibility index (Phi) is 3.48. The molecule has 4 nitrogen and oxygen atoms in total. The molecule has 1 heterocycles. The summed E-state index contributed by atoms with van der Waals surface area (Å²) in [7, 11) is 0. The van der Waals surface area contributed by atoms with E-state index in [1.165, 1.54) is 24.5 Å². The van der Waals surface area contributed by atoms with Crippen molar-refractivity contribution in [3.63, 3.8) is 0 Å². The second-order valence-corrected chi connectivity index (χ2v) is 2.55. The fourth-order valence-corrected chi connectivity index (χ4v) is 0.737. The Bertz CT molecular complexity index is 326. The van der Waals surface area contributed by atoms with Crippen LogP contribution in [-0.2, 0) is 4.74 Å². The maximum atomic E-state index is 11.6. The number of halogens is 3. The van der Waals surface area contributed by atoms with Gasteiger partial charge in [0.2, 0.25) is 0 Å². The number of pyridine rings is 1. The summed E-state index contributed by atoms with van der Waals surface area (Å²) in [4.78, 5) is 14.5. The zero-order valence-corrected chi connectivity index (χ0v) is 7.41. The molecule has 0 saturated carbocycles. The average Bonchev–Trinajstić information content (AvgIpc) is 2.15. The van der Waals surface area contributed by atoms with Gasteiger partial charge in [0.05, 0.1) is 0 Å². The van der Waals surface area contributed by atoms with Gasteiger partial charge in [-0.05, 0) is 12.1 Å². The number of nitrogens with zero attached hydrogens (tertiary/aromatic N) is 1. The Morgan fingerprint density at radius 3 is 2.53 bits per heavy atom. The van der Waals surface area contributed by atoms with Crippen LogP contribution in [0.2, 0.25) is 0 Å². The second kappa shape index (κ2) is 4.63. The van der Waals surface area contributed by atoms with Gasteiger partial charge in [-0.1, -0.05) is 0 Å². The predicted molar refractivity (Wildman–Crippen MR) is 45.3 cm³/mol. The molecule has 0 atom stereocenters. The molecule has 1 aromatic rings. The fraction of sp³-hybridized carbons (Fsp3) is 0.250. The van der Waals surface area contributed by atoms with E-state index >= 15 is 0 Å². The zero-order chi connectivity index (χ0) is 11.3. The Morgan fingerprint density at radius 1 is 1.40 bits per heavy atom. The van der Waals surface area contributed by atoms with Gasteiger partial charge >= 0.3 is 12.3 Å². The summed E-state index contributed by atoms with van der Waals surface area (Å²) in [5, 5.41) is 2.11. The number of alkyl halides is 3. The summed E-state index contributed by atoms with van der Waals surface area (Å²) in [6.07, 6.45) is -2.90. The molecule has 0 aliphatic carbocycles. The van der Waals surface area contributed by atoms with Crippen LogP contribution in [-0.4, -0.2) is 23.9 Å². The molecule has 0 aromatic carbocycles. The SMILES string of the molecule is O=C(Nc1ccncc1)OCC(F)(F)F.